The van der Waals surface area contributed by atoms with E-state index in [0.717, 1.165) is 0 Å². The molecule has 1 aliphatic rings. The van der Waals surface area contributed by atoms with E-state index in [-0.39, 0.29) is 18.9 Å². The molecule has 0 bridgehead atoms. The number of nitriles is 1. The van der Waals surface area contributed by atoms with Crippen LogP contribution in [0.5, 0.6) is 0 Å². The quantitative estimate of drug-likeness (QED) is 0.863. The zero-order chi connectivity index (χ0) is 18.0. The summed E-state index contributed by atoms with van der Waals surface area (Å²) in [6.07, 6.45) is 0. The van der Waals surface area contributed by atoms with E-state index >= 15 is 0 Å². The van der Waals surface area contributed by atoms with Gasteiger partial charge in [0.25, 0.3) is 0 Å². The largest absolute Gasteiger partial charge is 0.468 e. The van der Waals surface area contributed by atoms with Gasteiger partial charge < -0.3 is 9.84 Å². The number of nitrogens with zero attached hydrogens (tertiary/aromatic N) is 2. The number of benzene rings is 2. The van der Waals surface area contributed by atoms with Crippen molar-refractivity contribution in [2.24, 2.45) is 0 Å². The molecule has 1 fully saturated rings. The zero-order valence-corrected chi connectivity index (χ0v) is 13.6. The zero-order valence-electron chi connectivity index (χ0n) is 13.6. The standard InChI is InChI=1S/C19H17FN2O3/c1-25-18(23)17(14-4-2-3-13(9-14)10-21)22-11-19(24,12-22)15-5-7-16(20)8-6-15/h2-9,17,24H,11-12H2,1H3/t17-/m0/s1. The molecule has 0 radical (unpaired) electrons. The van der Waals surface area contributed by atoms with Crippen LogP contribution in [0.2, 0.25) is 0 Å². The average molecular weight is 340 g/mol. The van der Waals surface area contributed by atoms with Crippen molar-refractivity contribution in [2.45, 2.75) is 11.6 Å². The topological polar surface area (TPSA) is 73.6 Å². The first-order valence-corrected chi connectivity index (χ1v) is 7.77. The van der Waals surface area contributed by atoms with Gasteiger partial charge in [-0.05, 0) is 35.4 Å². The first-order valence-electron chi connectivity index (χ1n) is 7.77. The minimum atomic E-state index is -1.15. The highest BCUT2D eigenvalue weighted by molar-refractivity contribution is 5.78. The molecule has 2 aromatic carbocycles. The highest BCUT2D eigenvalue weighted by atomic mass is 19.1. The number of carbonyl (C=O) groups is 1. The summed E-state index contributed by atoms with van der Waals surface area (Å²) >= 11 is 0. The lowest BCUT2D eigenvalue weighted by Crippen LogP contribution is -2.61. The maximum absolute atomic E-state index is 13.1. The fraction of sp³-hybridized carbons (Fsp3) is 0.263. The van der Waals surface area contributed by atoms with Crippen LogP contribution < -0.4 is 0 Å². The van der Waals surface area contributed by atoms with Gasteiger partial charge in [0.15, 0.2) is 0 Å². The Kier molecular flexibility index (Phi) is 4.53. The van der Waals surface area contributed by atoms with Gasteiger partial charge in [0, 0.05) is 13.1 Å². The number of hydrogen-bond acceptors (Lipinski definition) is 5. The van der Waals surface area contributed by atoms with Gasteiger partial charge >= 0.3 is 5.97 Å². The predicted molar refractivity (Wildman–Crippen MR) is 87.8 cm³/mol. The first kappa shape index (κ1) is 17.1. The highest BCUT2D eigenvalue weighted by Crippen LogP contribution is 2.38. The van der Waals surface area contributed by atoms with E-state index in [4.69, 9.17) is 10.00 Å². The van der Waals surface area contributed by atoms with Gasteiger partial charge in [-0.1, -0.05) is 24.3 Å². The second-order valence-electron chi connectivity index (χ2n) is 6.11. The van der Waals surface area contributed by atoms with Crippen LogP contribution in [0.15, 0.2) is 48.5 Å². The summed E-state index contributed by atoms with van der Waals surface area (Å²) < 4.78 is 18.0. The summed E-state index contributed by atoms with van der Waals surface area (Å²) in [6.45, 7) is 0.407. The van der Waals surface area contributed by atoms with Crippen LogP contribution in [-0.4, -0.2) is 36.2 Å². The number of methoxy groups -OCH3 is 1. The van der Waals surface area contributed by atoms with E-state index in [1.165, 1.54) is 31.4 Å². The molecule has 0 aromatic heterocycles. The van der Waals surface area contributed by atoms with Crippen molar-refractivity contribution in [2.75, 3.05) is 20.2 Å². The van der Waals surface area contributed by atoms with Crippen LogP contribution in [0.1, 0.15) is 22.7 Å². The van der Waals surface area contributed by atoms with Crippen molar-refractivity contribution < 1.29 is 19.0 Å². The summed E-state index contributed by atoms with van der Waals surface area (Å²) in [5, 5.41) is 19.8. The monoisotopic (exact) mass is 340 g/mol. The second-order valence-corrected chi connectivity index (χ2v) is 6.11. The van der Waals surface area contributed by atoms with Crippen LogP contribution >= 0.6 is 0 Å². The van der Waals surface area contributed by atoms with Crippen molar-refractivity contribution >= 4 is 5.97 Å². The van der Waals surface area contributed by atoms with Gasteiger partial charge in [-0.2, -0.15) is 5.26 Å². The predicted octanol–water partition coefficient (Wildman–Crippen LogP) is 2.11. The van der Waals surface area contributed by atoms with Crippen molar-refractivity contribution in [3.8, 4) is 6.07 Å². The third kappa shape index (κ3) is 3.25. The minimum Gasteiger partial charge on any atom is -0.468 e. The number of ether oxygens (including phenoxy) is 1. The first-order chi connectivity index (χ1) is 12.0. The number of β-amino-alcohol motifs (C(OH)–C–C–N with tert-alkyl or cyclic N) is 1. The smallest absolute Gasteiger partial charge is 0.327 e. The van der Waals surface area contributed by atoms with E-state index in [1.807, 2.05) is 6.07 Å². The molecule has 25 heavy (non-hydrogen) atoms. The molecule has 128 valence electrons. The molecule has 0 amide bonds. The van der Waals surface area contributed by atoms with Gasteiger partial charge in [-0.3, -0.25) is 4.90 Å². The van der Waals surface area contributed by atoms with Crippen LogP contribution in [0.4, 0.5) is 4.39 Å². The Labute approximate surface area is 144 Å². The SMILES string of the molecule is COC(=O)[C@H](c1cccc(C#N)c1)N1CC(O)(c2ccc(F)cc2)C1. The molecular weight excluding hydrogens is 323 g/mol. The Morgan fingerprint density at radius 3 is 2.60 bits per heavy atom. The van der Waals surface area contributed by atoms with Crippen molar-refractivity contribution in [3.63, 3.8) is 0 Å². The third-order valence-corrected chi connectivity index (χ3v) is 4.43. The maximum Gasteiger partial charge on any atom is 0.327 e. The van der Waals surface area contributed by atoms with Crippen LogP contribution in [0, 0.1) is 17.1 Å². The third-order valence-electron chi connectivity index (χ3n) is 4.43. The number of carbonyl (C=O) groups excluding carboxylic acids is 1. The summed E-state index contributed by atoms with van der Waals surface area (Å²) in [4.78, 5) is 14.0. The lowest BCUT2D eigenvalue weighted by Gasteiger charge is -2.49. The molecule has 0 unspecified atom stereocenters. The number of likely N-dealkylation sites (tertiary alicyclic amines) is 1. The number of halogens is 1. The molecule has 1 atom stereocenters. The Hall–Kier alpha value is -2.75. The number of esters is 1. The van der Waals surface area contributed by atoms with Gasteiger partial charge in [-0.15, -0.1) is 0 Å². The minimum absolute atomic E-state index is 0.204. The lowest BCUT2D eigenvalue weighted by atomic mass is 9.84. The highest BCUT2D eigenvalue weighted by Gasteiger charge is 2.48. The molecular formula is C19H17FN2O3. The van der Waals surface area contributed by atoms with Gasteiger partial charge in [0.05, 0.1) is 18.7 Å². The van der Waals surface area contributed by atoms with Gasteiger partial charge in [0.2, 0.25) is 0 Å². The Bertz CT molecular complexity index is 823. The van der Waals surface area contributed by atoms with Crippen LogP contribution in [0.25, 0.3) is 0 Å². The van der Waals surface area contributed by atoms with Crippen molar-refractivity contribution in [1.29, 1.82) is 5.26 Å². The summed E-state index contributed by atoms with van der Waals surface area (Å²) in [5.41, 5.74) is 0.527. The molecule has 6 heteroatoms. The average Bonchev–Trinajstić information content (AvgIpc) is 2.60. The van der Waals surface area contributed by atoms with E-state index < -0.39 is 17.6 Å². The molecule has 1 N–H and O–H groups in total. The number of aliphatic hydroxyl groups is 1. The maximum atomic E-state index is 13.1. The summed E-state index contributed by atoms with van der Waals surface area (Å²) in [6, 6.07) is 13.7. The lowest BCUT2D eigenvalue weighted by molar-refractivity contribution is -0.163. The number of hydrogen-bond donors (Lipinski definition) is 1. The Morgan fingerprint density at radius 1 is 1.32 bits per heavy atom. The molecule has 5 nitrogen and oxygen atoms in total. The van der Waals surface area contributed by atoms with E-state index in [1.54, 1.807) is 29.2 Å². The fourth-order valence-corrected chi connectivity index (χ4v) is 3.14. The molecule has 0 spiro atoms. The Balaban J connectivity index is 1.84. The molecule has 0 aliphatic carbocycles. The summed E-state index contributed by atoms with van der Waals surface area (Å²) in [5.74, 6) is -0.833. The molecule has 1 heterocycles. The fourth-order valence-electron chi connectivity index (χ4n) is 3.14. The second kappa shape index (κ2) is 6.63. The molecule has 1 saturated heterocycles. The van der Waals surface area contributed by atoms with Crippen molar-refractivity contribution in [1.82, 2.24) is 4.90 Å². The Morgan fingerprint density at radius 2 is 2.00 bits per heavy atom. The normalized spacial score (nSPS) is 17.2. The van der Waals surface area contributed by atoms with E-state index in [9.17, 15) is 14.3 Å². The van der Waals surface area contributed by atoms with Crippen molar-refractivity contribution in [3.05, 3.63) is 71.0 Å². The van der Waals surface area contributed by atoms with E-state index in [0.29, 0.717) is 16.7 Å². The molecule has 0 saturated carbocycles. The molecule has 1 aliphatic heterocycles. The molecule has 3 rings (SSSR count). The van der Waals surface area contributed by atoms with E-state index in [2.05, 4.69) is 0 Å². The molecule has 2 aromatic rings. The van der Waals surface area contributed by atoms with Crippen LogP contribution in [-0.2, 0) is 15.1 Å². The number of rotatable bonds is 4. The van der Waals surface area contributed by atoms with Gasteiger partial charge in [-0.25, -0.2) is 9.18 Å². The van der Waals surface area contributed by atoms with Gasteiger partial charge in [0.1, 0.15) is 17.5 Å². The van der Waals surface area contributed by atoms with Crippen LogP contribution in [0.3, 0.4) is 0 Å². The summed E-state index contributed by atoms with van der Waals surface area (Å²) in [7, 11) is 1.30.